The molecule has 1 heterocycles. The van der Waals surface area contributed by atoms with Crippen LogP contribution in [-0.2, 0) is 4.79 Å². The SMILES string of the molecule is O=C(CO)Nc1ccc2[nH]ncc2c1Cl. The minimum atomic E-state index is -0.570. The summed E-state index contributed by atoms with van der Waals surface area (Å²) < 4.78 is 0. The lowest BCUT2D eigenvalue weighted by Crippen LogP contribution is -2.15. The molecule has 78 valence electrons. The molecule has 2 aromatic rings. The third-order valence-corrected chi connectivity index (χ3v) is 2.38. The quantitative estimate of drug-likeness (QED) is 0.717. The van der Waals surface area contributed by atoms with Gasteiger partial charge in [0.05, 0.1) is 22.4 Å². The number of nitrogens with one attached hydrogen (secondary N) is 2. The predicted octanol–water partition coefficient (Wildman–Crippen LogP) is 1.15. The first-order valence-electron chi connectivity index (χ1n) is 4.24. The molecule has 0 saturated carbocycles. The van der Waals surface area contributed by atoms with Gasteiger partial charge in [-0.2, -0.15) is 5.10 Å². The standard InChI is InChI=1S/C9H8ClN3O2/c10-9-5-3-11-13-6(5)1-2-7(9)12-8(15)4-14/h1-3,14H,4H2,(H,11,13)(H,12,15). The number of rotatable bonds is 2. The van der Waals surface area contributed by atoms with E-state index in [4.69, 9.17) is 16.7 Å². The number of aromatic nitrogens is 2. The Hall–Kier alpha value is -1.59. The number of nitrogens with zero attached hydrogens (tertiary/aromatic N) is 1. The molecule has 5 nitrogen and oxygen atoms in total. The minimum Gasteiger partial charge on any atom is -0.387 e. The van der Waals surface area contributed by atoms with Crippen molar-refractivity contribution in [2.24, 2.45) is 0 Å². The Balaban J connectivity index is 2.43. The maximum atomic E-state index is 11.0. The van der Waals surface area contributed by atoms with Crippen molar-refractivity contribution in [3.05, 3.63) is 23.4 Å². The topological polar surface area (TPSA) is 78.0 Å². The highest BCUT2D eigenvalue weighted by molar-refractivity contribution is 6.38. The largest absolute Gasteiger partial charge is 0.387 e. The third kappa shape index (κ3) is 1.79. The molecular formula is C9H8ClN3O2. The number of benzene rings is 1. The van der Waals surface area contributed by atoms with E-state index >= 15 is 0 Å². The van der Waals surface area contributed by atoms with Gasteiger partial charge < -0.3 is 10.4 Å². The maximum absolute atomic E-state index is 11.0. The van der Waals surface area contributed by atoms with Crippen molar-refractivity contribution in [1.29, 1.82) is 0 Å². The highest BCUT2D eigenvalue weighted by Crippen LogP contribution is 2.29. The first-order valence-corrected chi connectivity index (χ1v) is 4.62. The molecule has 3 N–H and O–H groups in total. The van der Waals surface area contributed by atoms with Crippen molar-refractivity contribution in [2.45, 2.75) is 0 Å². The lowest BCUT2D eigenvalue weighted by molar-refractivity contribution is -0.118. The summed E-state index contributed by atoms with van der Waals surface area (Å²) in [7, 11) is 0. The van der Waals surface area contributed by atoms with Gasteiger partial charge in [-0.25, -0.2) is 0 Å². The van der Waals surface area contributed by atoms with Crippen LogP contribution in [0.3, 0.4) is 0 Å². The number of hydrogen-bond donors (Lipinski definition) is 3. The lowest BCUT2D eigenvalue weighted by atomic mass is 10.2. The highest BCUT2D eigenvalue weighted by Gasteiger charge is 2.08. The smallest absolute Gasteiger partial charge is 0.250 e. The van der Waals surface area contributed by atoms with Crippen molar-refractivity contribution in [2.75, 3.05) is 11.9 Å². The molecule has 0 atom stereocenters. The summed E-state index contributed by atoms with van der Waals surface area (Å²) in [4.78, 5) is 11.0. The predicted molar refractivity (Wildman–Crippen MR) is 56.8 cm³/mol. The van der Waals surface area contributed by atoms with Crippen LogP contribution in [0.1, 0.15) is 0 Å². The van der Waals surface area contributed by atoms with Gasteiger partial charge in [-0.15, -0.1) is 0 Å². The molecule has 2 rings (SSSR count). The number of aliphatic hydroxyl groups excluding tert-OH is 1. The van der Waals surface area contributed by atoms with Crippen molar-refractivity contribution in [1.82, 2.24) is 10.2 Å². The Kier molecular flexibility index (Phi) is 2.57. The molecule has 0 unspecified atom stereocenters. The van der Waals surface area contributed by atoms with E-state index in [2.05, 4.69) is 15.5 Å². The van der Waals surface area contributed by atoms with Gasteiger partial charge in [0, 0.05) is 5.39 Å². The summed E-state index contributed by atoms with van der Waals surface area (Å²) in [6, 6.07) is 3.40. The summed E-state index contributed by atoms with van der Waals surface area (Å²) in [5.41, 5.74) is 1.26. The molecule has 0 saturated heterocycles. The molecule has 0 radical (unpaired) electrons. The van der Waals surface area contributed by atoms with Gasteiger partial charge >= 0.3 is 0 Å². The fourth-order valence-electron chi connectivity index (χ4n) is 1.27. The monoisotopic (exact) mass is 225 g/mol. The van der Waals surface area contributed by atoms with Crippen LogP contribution in [0.15, 0.2) is 18.3 Å². The van der Waals surface area contributed by atoms with Crippen LogP contribution in [-0.4, -0.2) is 27.8 Å². The third-order valence-electron chi connectivity index (χ3n) is 1.98. The molecule has 0 aliphatic heterocycles. The molecule has 0 aliphatic carbocycles. The lowest BCUT2D eigenvalue weighted by Gasteiger charge is -2.05. The van der Waals surface area contributed by atoms with E-state index in [9.17, 15) is 4.79 Å². The Morgan fingerprint density at radius 1 is 1.60 bits per heavy atom. The van der Waals surface area contributed by atoms with Gasteiger partial charge in [0.15, 0.2) is 0 Å². The van der Waals surface area contributed by atoms with E-state index in [0.717, 1.165) is 10.9 Å². The molecule has 6 heteroatoms. The minimum absolute atomic E-state index is 0.406. The van der Waals surface area contributed by atoms with Crippen molar-refractivity contribution < 1.29 is 9.90 Å². The van der Waals surface area contributed by atoms with Crippen molar-refractivity contribution in [3.63, 3.8) is 0 Å². The molecule has 15 heavy (non-hydrogen) atoms. The number of amides is 1. The molecular weight excluding hydrogens is 218 g/mol. The van der Waals surface area contributed by atoms with E-state index in [0.29, 0.717) is 10.7 Å². The Labute approximate surface area is 90.0 Å². The number of anilines is 1. The zero-order chi connectivity index (χ0) is 10.8. The average molecular weight is 226 g/mol. The van der Waals surface area contributed by atoms with E-state index in [1.807, 2.05) is 0 Å². The van der Waals surface area contributed by atoms with Gasteiger partial charge in [0.25, 0.3) is 0 Å². The van der Waals surface area contributed by atoms with Gasteiger partial charge in [-0.3, -0.25) is 9.89 Å². The Morgan fingerprint density at radius 2 is 2.40 bits per heavy atom. The number of halogens is 1. The number of carbonyl (C=O) groups excluding carboxylic acids is 1. The molecule has 1 aromatic carbocycles. The summed E-state index contributed by atoms with van der Waals surface area (Å²) >= 11 is 6.03. The number of aliphatic hydroxyl groups is 1. The molecule has 1 amide bonds. The van der Waals surface area contributed by atoms with Gasteiger partial charge in [-0.05, 0) is 12.1 Å². The second kappa shape index (κ2) is 3.88. The molecule has 1 aromatic heterocycles. The van der Waals surface area contributed by atoms with Crippen molar-refractivity contribution >= 4 is 34.1 Å². The van der Waals surface area contributed by atoms with E-state index in [-0.39, 0.29) is 0 Å². The normalized spacial score (nSPS) is 10.5. The summed E-state index contributed by atoms with van der Waals surface area (Å²) in [6.45, 7) is -0.570. The first kappa shape index (κ1) is 9.95. The number of fused-ring (bicyclic) bond motifs is 1. The zero-order valence-corrected chi connectivity index (χ0v) is 8.38. The van der Waals surface area contributed by atoms with Crippen LogP contribution in [0.5, 0.6) is 0 Å². The van der Waals surface area contributed by atoms with Crippen LogP contribution in [0, 0.1) is 0 Å². The summed E-state index contributed by atoms with van der Waals surface area (Å²) in [6.07, 6.45) is 1.58. The fourth-order valence-corrected chi connectivity index (χ4v) is 1.53. The summed E-state index contributed by atoms with van der Waals surface area (Å²) in [5.74, 6) is -0.500. The molecule has 0 bridgehead atoms. The molecule has 0 spiro atoms. The van der Waals surface area contributed by atoms with Crippen LogP contribution in [0.25, 0.3) is 10.9 Å². The second-order valence-electron chi connectivity index (χ2n) is 2.96. The number of carbonyl (C=O) groups is 1. The van der Waals surface area contributed by atoms with E-state index < -0.39 is 12.5 Å². The van der Waals surface area contributed by atoms with Crippen LogP contribution in [0.2, 0.25) is 5.02 Å². The van der Waals surface area contributed by atoms with Gasteiger partial charge in [0.2, 0.25) is 5.91 Å². The highest BCUT2D eigenvalue weighted by atomic mass is 35.5. The van der Waals surface area contributed by atoms with Gasteiger partial charge in [-0.1, -0.05) is 11.6 Å². The van der Waals surface area contributed by atoms with E-state index in [1.165, 1.54) is 0 Å². The van der Waals surface area contributed by atoms with Crippen LogP contribution < -0.4 is 5.32 Å². The Morgan fingerprint density at radius 3 is 3.13 bits per heavy atom. The zero-order valence-electron chi connectivity index (χ0n) is 7.62. The number of H-pyrrole nitrogens is 1. The van der Waals surface area contributed by atoms with Crippen LogP contribution >= 0.6 is 11.6 Å². The summed E-state index contributed by atoms with van der Waals surface area (Å²) in [5, 5.41) is 18.8. The molecule has 0 aliphatic rings. The first-order chi connectivity index (χ1) is 7.22. The van der Waals surface area contributed by atoms with Crippen molar-refractivity contribution in [3.8, 4) is 0 Å². The van der Waals surface area contributed by atoms with Crippen LogP contribution in [0.4, 0.5) is 5.69 Å². The fraction of sp³-hybridized carbons (Fsp3) is 0.111. The van der Waals surface area contributed by atoms with E-state index in [1.54, 1.807) is 18.3 Å². The average Bonchev–Trinajstić information content (AvgIpc) is 2.70. The number of aromatic amines is 1. The Bertz CT molecular complexity index is 509. The van der Waals surface area contributed by atoms with Gasteiger partial charge in [0.1, 0.15) is 6.61 Å². The number of hydrogen-bond acceptors (Lipinski definition) is 3. The second-order valence-corrected chi connectivity index (χ2v) is 3.34. The molecule has 0 fully saturated rings. The maximum Gasteiger partial charge on any atom is 0.250 e.